The van der Waals surface area contributed by atoms with Crippen molar-refractivity contribution in [3.8, 4) is 0 Å². The zero-order valence-electron chi connectivity index (χ0n) is 9.10. The number of hydrogen-bond acceptors (Lipinski definition) is 1. The van der Waals surface area contributed by atoms with Gasteiger partial charge in [0.05, 0.1) is 6.10 Å². The van der Waals surface area contributed by atoms with Gasteiger partial charge in [-0.25, -0.2) is 0 Å². The molecular weight excluding hydrogens is 172 g/mol. The zero-order valence-corrected chi connectivity index (χ0v) is 9.10. The molecule has 3 unspecified atom stereocenters. The molecule has 3 rings (SSSR count). The van der Waals surface area contributed by atoms with Crippen LogP contribution >= 0.6 is 0 Å². The first-order valence-corrected chi connectivity index (χ1v) is 6.47. The lowest BCUT2D eigenvalue weighted by Crippen LogP contribution is -2.52. The Morgan fingerprint density at radius 1 is 0.786 bits per heavy atom. The molecule has 0 aromatic carbocycles. The molecule has 0 aromatic heterocycles. The number of aliphatic hydroxyl groups excluding tert-OH is 1. The van der Waals surface area contributed by atoms with E-state index in [1.807, 2.05) is 0 Å². The monoisotopic (exact) mass is 194 g/mol. The van der Waals surface area contributed by atoms with Gasteiger partial charge in [0.1, 0.15) is 0 Å². The maximum absolute atomic E-state index is 10.2. The third-order valence-corrected chi connectivity index (χ3v) is 5.67. The summed E-state index contributed by atoms with van der Waals surface area (Å²) in [4.78, 5) is 0. The third-order valence-electron chi connectivity index (χ3n) is 5.67. The molecule has 3 aliphatic carbocycles. The van der Waals surface area contributed by atoms with E-state index < -0.39 is 0 Å². The van der Waals surface area contributed by atoms with Gasteiger partial charge in [0.2, 0.25) is 0 Å². The minimum absolute atomic E-state index is 0.0503. The Bertz CT molecular complexity index is 237. The molecule has 0 amide bonds. The normalized spacial score (nSPS) is 52.5. The topological polar surface area (TPSA) is 20.2 Å². The summed E-state index contributed by atoms with van der Waals surface area (Å²) in [5.41, 5.74) is 1.00. The molecule has 0 saturated heterocycles. The second kappa shape index (κ2) is 2.98. The van der Waals surface area contributed by atoms with Crippen LogP contribution in [0.2, 0.25) is 0 Å². The summed E-state index contributed by atoms with van der Waals surface area (Å²) < 4.78 is 0. The first kappa shape index (κ1) is 9.21. The third kappa shape index (κ3) is 0.946. The van der Waals surface area contributed by atoms with Gasteiger partial charge in [-0.15, -0.1) is 0 Å². The fourth-order valence-corrected chi connectivity index (χ4v) is 4.70. The Balaban J connectivity index is 1.89. The van der Waals surface area contributed by atoms with Crippen molar-refractivity contribution in [2.75, 3.05) is 0 Å². The molecule has 0 radical (unpaired) electrons. The van der Waals surface area contributed by atoms with Gasteiger partial charge in [0.25, 0.3) is 0 Å². The smallest absolute Gasteiger partial charge is 0.0602 e. The maximum atomic E-state index is 10.2. The molecule has 3 fully saturated rings. The molecule has 3 aliphatic rings. The molecule has 0 bridgehead atoms. The largest absolute Gasteiger partial charge is 0.393 e. The summed E-state index contributed by atoms with van der Waals surface area (Å²) in [6.07, 6.45) is 13.6. The van der Waals surface area contributed by atoms with E-state index in [9.17, 15) is 5.11 Å². The number of rotatable bonds is 0. The van der Waals surface area contributed by atoms with E-state index in [0.29, 0.717) is 10.8 Å². The highest BCUT2D eigenvalue weighted by Crippen LogP contribution is 2.71. The fraction of sp³-hybridized carbons (Fsp3) is 1.00. The molecule has 3 atom stereocenters. The highest BCUT2D eigenvalue weighted by atomic mass is 16.3. The van der Waals surface area contributed by atoms with Crippen LogP contribution in [0.15, 0.2) is 0 Å². The Kier molecular flexibility index (Phi) is 1.96. The lowest BCUT2D eigenvalue weighted by molar-refractivity contribution is -0.128. The van der Waals surface area contributed by atoms with Crippen molar-refractivity contribution in [3.63, 3.8) is 0 Å². The van der Waals surface area contributed by atoms with Crippen LogP contribution in [0.5, 0.6) is 0 Å². The van der Waals surface area contributed by atoms with Gasteiger partial charge in [-0.2, -0.15) is 0 Å². The minimum Gasteiger partial charge on any atom is -0.393 e. The SMILES string of the molecule is OC1CCC23CCCCCCC12CC3. The Morgan fingerprint density at radius 2 is 1.57 bits per heavy atom. The van der Waals surface area contributed by atoms with Crippen LogP contribution in [0, 0.1) is 10.8 Å². The zero-order chi connectivity index (χ0) is 9.65. The van der Waals surface area contributed by atoms with Crippen LogP contribution in [-0.4, -0.2) is 11.2 Å². The van der Waals surface area contributed by atoms with Crippen molar-refractivity contribution in [1.82, 2.24) is 0 Å². The van der Waals surface area contributed by atoms with Gasteiger partial charge in [0, 0.05) is 5.41 Å². The van der Waals surface area contributed by atoms with Crippen molar-refractivity contribution < 1.29 is 5.11 Å². The molecular formula is C13H22O. The van der Waals surface area contributed by atoms with Crippen LogP contribution < -0.4 is 0 Å². The minimum atomic E-state index is 0.0503. The van der Waals surface area contributed by atoms with Crippen LogP contribution in [0.4, 0.5) is 0 Å². The van der Waals surface area contributed by atoms with Gasteiger partial charge in [-0.1, -0.05) is 25.7 Å². The lowest BCUT2D eigenvalue weighted by Gasteiger charge is -2.58. The van der Waals surface area contributed by atoms with Crippen molar-refractivity contribution in [2.45, 2.75) is 70.3 Å². The molecule has 0 aliphatic heterocycles. The first-order valence-electron chi connectivity index (χ1n) is 6.47. The average Bonchev–Trinajstić information content (AvgIpc) is 2.33. The standard InChI is InChI=1S/C13H22O/c14-11-5-8-12-6-3-1-2-4-7-13(11,12)10-9-12/h11,14H,1-10H2. The van der Waals surface area contributed by atoms with Gasteiger partial charge in [-0.05, 0) is 43.9 Å². The second-order valence-corrected chi connectivity index (χ2v) is 5.91. The highest BCUT2D eigenvalue weighted by Gasteiger charge is 2.64. The molecule has 1 heteroatoms. The summed E-state index contributed by atoms with van der Waals surface area (Å²) in [5, 5.41) is 10.2. The van der Waals surface area contributed by atoms with Gasteiger partial charge >= 0.3 is 0 Å². The summed E-state index contributed by atoms with van der Waals surface area (Å²) in [6.45, 7) is 0. The first-order chi connectivity index (χ1) is 6.79. The molecule has 1 N–H and O–H groups in total. The van der Waals surface area contributed by atoms with Crippen LogP contribution in [0.25, 0.3) is 0 Å². The molecule has 0 spiro atoms. The van der Waals surface area contributed by atoms with Crippen LogP contribution in [-0.2, 0) is 0 Å². The van der Waals surface area contributed by atoms with Gasteiger partial charge < -0.3 is 5.11 Å². The van der Waals surface area contributed by atoms with Crippen LogP contribution in [0.1, 0.15) is 64.2 Å². The van der Waals surface area contributed by atoms with Crippen molar-refractivity contribution in [1.29, 1.82) is 0 Å². The highest BCUT2D eigenvalue weighted by molar-refractivity contribution is 5.14. The summed E-state index contributed by atoms with van der Waals surface area (Å²) in [7, 11) is 0. The summed E-state index contributed by atoms with van der Waals surface area (Å²) >= 11 is 0. The number of hydrogen-bond donors (Lipinski definition) is 1. The molecule has 14 heavy (non-hydrogen) atoms. The van der Waals surface area contributed by atoms with Crippen molar-refractivity contribution >= 4 is 0 Å². The fourth-order valence-electron chi connectivity index (χ4n) is 4.70. The lowest BCUT2D eigenvalue weighted by atomic mass is 9.47. The van der Waals surface area contributed by atoms with E-state index in [1.54, 1.807) is 0 Å². The predicted molar refractivity (Wildman–Crippen MR) is 57.0 cm³/mol. The second-order valence-electron chi connectivity index (χ2n) is 5.91. The van der Waals surface area contributed by atoms with E-state index in [4.69, 9.17) is 0 Å². The Morgan fingerprint density at radius 3 is 2.29 bits per heavy atom. The quantitative estimate of drug-likeness (QED) is 0.627. The van der Waals surface area contributed by atoms with E-state index in [-0.39, 0.29) is 6.10 Å². The van der Waals surface area contributed by atoms with Gasteiger partial charge in [-0.3, -0.25) is 0 Å². The Hall–Kier alpha value is -0.0400. The Labute approximate surface area is 86.9 Å². The summed E-state index contributed by atoms with van der Waals surface area (Å²) in [5.74, 6) is 0. The molecule has 80 valence electrons. The van der Waals surface area contributed by atoms with E-state index in [2.05, 4.69) is 0 Å². The van der Waals surface area contributed by atoms with Crippen molar-refractivity contribution in [3.05, 3.63) is 0 Å². The van der Waals surface area contributed by atoms with Gasteiger partial charge in [0.15, 0.2) is 0 Å². The molecule has 0 heterocycles. The van der Waals surface area contributed by atoms with Crippen LogP contribution in [0.3, 0.4) is 0 Å². The van der Waals surface area contributed by atoms with E-state index >= 15 is 0 Å². The maximum Gasteiger partial charge on any atom is 0.0602 e. The van der Waals surface area contributed by atoms with E-state index in [1.165, 1.54) is 57.8 Å². The van der Waals surface area contributed by atoms with Crippen molar-refractivity contribution in [2.24, 2.45) is 10.8 Å². The molecule has 3 saturated carbocycles. The predicted octanol–water partition coefficient (Wildman–Crippen LogP) is 3.26. The molecule has 0 aromatic rings. The van der Waals surface area contributed by atoms with E-state index in [0.717, 1.165) is 6.42 Å². The number of aliphatic hydroxyl groups is 1. The average molecular weight is 194 g/mol. The molecule has 1 nitrogen and oxygen atoms in total. The summed E-state index contributed by atoms with van der Waals surface area (Å²) in [6, 6.07) is 0.